The zero-order chi connectivity index (χ0) is 20.5. The molecule has 0 radical (unpaired) electrons. The largest absolute Gasteiger partial charge is 0.494 e. The fourth-order valence-electron chi connectivity index (χ4n) is 3.49. The molecule has 2 heterocycles. The fourth-order valence-corrected chi connectivity index (χ4v) is 3.81. The van der Waals surface area contributed by atoms with Crippen molar-refractivity contribution < 1.29 is 9.90 Å². The second-order valence-corrected chi connectivity index (χ2v) is 7.58. The first-order chi connectivity index (χ1) is 14.0. The monoisotopic (exact) mass is 410 g/mol. The van der Waals surface area contributed by atoms with Gasteiger partial charge in [0, 0.05) is 24.2 Å². The number of amides is 1. The average molecular weight is 410 g/mol. The number of aromatic hydroxyl groups is 1. The molecule has 4 rings (SSSR count). The van der Waals surface area contributed by atoms with Crippen LogP contribution in [0.2, 0.25) is 0 Å². The van der Waals surface area contributed by atoms with E-state index in [9.17, 15) is 14.7 Å². The van der Waals surface area contributed by atoms with Gasteiger partial charge in [-0.1, -0.05) is 25.1 Å². The third-order valence-electron chi connectivity index (χ3n) is 5.14. The number of nitrogens with zero attached hydrogens (tertiary/aromatic N) is 2. The summed E-state index contributed by atoms with van der Waals surface area (Å²) in [5.74, 6) is -0.140. The Morgan fingerprint density at radius 1 is 1.41 bits per heavy atom. The van der Waals surface area contributed by atoms with Gasteiger partial charge in [0.15, 0.2) is 4.77 Å². The van der Waals surface area contributed by atoms with Crippen LogP contribution in [-0.4, -0.2) is 27.1 Å². The minimum atomic E-state index is -0.443. The van der Waals surface area contributed by atoms with Crippen molar-refractivity contribution in [3.63, 3.8) is 0 Å². The van der Waals surface area contributed by atoms with E-state index in [0.717, 1.165) is 29.0 Å². The molecule has 1 fully saturated rings. The first kappa shape index (κ1) is 19.3. The van der Waals surface area contributed by atoms with E-state index in [-0.39, 0.29) is 28.2 Å². The van der Waals surface area contributed by atoms with Gasteiger partial charge in [-0.15, -0.1) is 0 Å². The highest BCUT2D eigenvalue weighted by atomic mass is 32.1. The number of benzene rings is 1. The minimum Gasteiger partial charge on any atom is -0.494 e. The number of H-pyrrole nitrogens is 1. The van der Waals surface area contributed by atoms with Crippen molar-refractivity contribution in [1.29, 1.82) is 0 Å². The Bertz CT molecular complexity index is 1250. The lowest BCUT2D eigenvalue weighted by Crippen LogP contribution is -2.26. The maximum Gasteiger partial charge on any atom is 0.262 e. The molecule has 0 atom stereocenters. The van der Waals surface area contributed by atoms with Gasteiger partial charge in [-0.3, -0.25) is 19.1 Å². The molecule has 1 amide bonds. The molecule has 29 heavy (non-hydrogen) atoms. The predicted octanol–water partition coefficient (Wildman–Crippen LogP) is 1.69. The number of carbonyl (C=O) groups excluding carboxylic acids is 1. The first-order valence-electron chi connectivity index (χ1n) is 9.73. The number of para-hydroxylation sites is 1. The quantitative estimate of drug-likeness (QED) is 0.631. The van der Waals surface area contributed by atoms with Gasteiger partial charge in [-0.25, -0.2) is 4.99 Å². The summed E-state index contributed by atoms with van der Waals surface area (Å²) in [5.41, 5.74) is 1.24. The fraction of sp³-hybridized carbons (Fsp3) is 0.333. The van der Waals surface area contributed by atoms with Gasteiger partial charge in [0.05, 0.1) is 11.1 Å². The van der Waals surface area contributed by atoms with E-state index in [1.54, 1.807) is 17.6 Å². The van der Waals surface area contributed by atoms with Crippen LogP contribution in [0.3, 0.4) is 0 Å². The summed E-state index contributed by atoms with van der Waals surface area (Å²) in [6, 6.07) is 7.83. The van der Waals surface area contributed by atoms with Crippen molar-refractivity contribution in [2.75, 3.05) is 6.54 Å². The van der Waals surface area contributed by atoms with Crippen LogP contribution in [0.1, 0.15) is 44.2 Å². The molecule has 2 aromatic rings. The lowest BCUT2D eigenvalue weighted by atomic mass is 10.1. The van der Waals surface area contributed by atoms with Gasteiger partial charge in [0.25, 0.3) is 5.56 Å². The smallest absolute Gasteiger partial charge is 0.262 e. The van der Waals surface area contributed by atoms with Gasteiger partial charge in [-0.05, 0) is 49.2 Å². The van der Waals surface area contributed by atoms with Crippen LogP contribution in [0.25, 0.3) is 11.6 Å². The molecular weight excluding hydrogens is 388 g/mol. The summed E-state index contributed by atoms with van der Waals surface area (Å²) in [7, 11) is 0. The van der Waals surface area contributed by atoms with E-state index in [4.69, 9.17) is 12.2 Å². The number of rotatable bonds is 6. The lowest BCUT2D eigenvalue weighted by molar-refractivity contribution is -0.120. The molecule has 1 aromatic heterocycles. The Morgan fingerprint density at radius 3 is 2.90 bits per heavy atom. The van der Waals surface area contributed by atoms with Crippen molar-refractivity contribution in [2.24, 2.45) is 4.99 Å². The molecule has 0 saturated heterocycles. The molecule has 0 unspecified atom stereocenters. The lowest BCUT2D eigenvalue weighted by Gasteiger charge is -2.11. The number of hydrogen-bond acceptors (Lipinski definition) is 5. The van der Waals surface area contributed by atoms with Gasteiger partial charge >= 0.3 is 0 Å². The SMILES string of the molecule is CCC(=O)NCCC1=c2ccccc2=NC1=Cc1c(O)n(C2CC2)c(=S)[nH]c1=O. The number of hydrogen-bond donors (Lipinski definition) is 3. The molecule has 1 aliphatic heterocycles. The first-order valence-corrected chi connectivity index (χ1v) is 10.1. The van der Waals surface area contributed by atoms with E-state index in [1.165, 1.54) is 0 Å². The number of aromatic nitrogens is 2. The second-order valence-electron chi connectivity index (χ2n) is 7.19. The summed E-state index contributed by atoms with van der Waals surface area (Å²) in [5, 5.41) is 15.4. The standard InChI is InChI=1S/C21H22N4O3S/c1-2-18(26)22-10-9-14-13-5-3-4-6-16(13)23-17(14)11-15-19(27)24-21(29)25(20(15)28)12-7-8-12/h3-6,11-12,28H,2,7-10H2,1H3,(H,22,26)(H,24,27,29). The highest BCUT2D eigenvalue weighted by Crippen LogP contribution is 2.38. The number of allylic oxidation sites excluding steroid dienone is 1. The van der Waals surface area contributed by atoms with Crippen LogP contribution < -0.4 is 21.5 Å². The number of carbonyl (C=O) groups is 1. The third kappa shape index (κ3) is 3.80. The van der Waals surface area contributed by atoms with Crippen LogP contribution in [0.4, 0.5) is 0 Å². The summed E-state index contributed by atoms with van der Waals surface area (Å²) in [6.07, 6.45) is 4.45. The Hall–Kier alpha value is -3.00. The van der Waals surface area contributed by atoms with Crippen molar-refractivity contribution in [2.45, 2.75) is 38.6 Å². The zero-order valence-corrected chi connectivity index (χ0v) is 16.9. The van der Waals surface area contributed by atoms with Crippen molar-refractivity contribution in [3.05, 3.63) is 61.2 Å². The number of aromatic amines is 1. The molecule has 1 aromatic carbocycles. The highest BCUT2D eigenvalue weighted by molar-refractivity contribution is 7.71. The average Bonchev–Trinajstić information content (AvgIpc) is 3.47. The maximum atomic E-state index is 12.5. The van der Waals surface area contributed by atoms with E-state index < -0.39 is 5.56 Å². The Kier molecular flexibility index (Phi) is 5.19. The van der Waals surface area contributed by atoms with Crippen molar-refractivity contribution in [3.8, 4) is 5.88 Å². The topological polar surface area (TPSA) is 99.5 Å². The maximum absolute atomic E-state index is 12.5. The van der Waals surface area contributed by atoms with Crippen LogP contribution in [0.15, 0.2) is 39.7 Å². The molecular formula is C21H22N4O3S. The molecule has 3 N–H and O–H groups in total. The molecule has 1 saturated carbocycles. The molecule has 2 aliphatic rings. The molecule has 8 heteroatoms. The van der Waals surface area contributed by atoms with Gasteiger partial charge in [0.2, 0.25) is 11.8 Å². The van der Waals surface area contributed by atoms with Crippen molar-refractivity contribution in [1.82, 2.24) is 14.9 Å². The molecule has 150 valence electrons. The Labute approximate surface area is 172 Å². The summed E-state index contributed by atoms with van der Waals surface area (Å²) < 4.78 is 1.84. The summed E-state index contributed by atoms with van der Waals surface area (Å²) in [4.78, 5) is 31.4. The third-order valence-corrected chi connectivity index (χ3v) is 5.44. The molecule has 7 nitrogen and oxygen atoms in total. The van der Waals surface area contributed by atoms with E-state index >= 15 is 0 Å². The Morgan fingerprint density at radius 2 is 2.17 bits per heavy atom. The van der Waals surface area contributed by atoms with Crippen LogP contribution in [0.5, 0.6) is 5.88 Å². The highest BCUT2D eigenvalue weighted by Gasteiger charge is 2.28. The number of fused-ring (bicyclic) bond motifs is 1. The molecule has 0 bridgehead atoms. The minimum absolute atomic E-state index is 0.0139. The van der Waals surface area contributed by atoms with Gasteiger partial charge in [0.1, 0.15) is 5.56 Å². The second kappa shape index (κ2) is 7.79. The predicted molar refractivity (Wildman–Crippen MR) is 112 cm³/mol. The summed E-state index contributed by atoms with van der Waals surface area (Å²) >= 11 is 5.22. The van der Waals surface area contributed by atoms with Crippen LogP contribution in [0, 0.1) is 4.77 Å². The van der Waals surface area contributed by atoms with Crippen molar-refractivity contribution >= 4 is 29.8 Å². The van der Waals surface area contributed by atoms with E-state index in [1.807, 2.05) is 24.3 Å². The normalized spacial score (nSPS) is 16.6. The Balaban J connectivity index is 1.78. The molecule has 0 spiro atoms. The number of nitrogens with one attached hydrogen (secondary N) is 2. The summed E-state index contributed by atoms with van der Waals surface area (Å²) in [6.45, 7) is 2.28. The van der Waals surface area contributed by atoms with E-state index in [0.29, 0.717) is 25.1 Å². The van der Waals surface area contributed by atoms with Gasteiger partial charge in [-0.2, -0.15) is 0 Å². The van der Waals surface area contributed by atoms with Crippen LogP contribution in [-0.2, 0) is 4.79 Å². The zero-order valence-electron chi connectivity index (χ0n) is 16.1. The van der Waals surface area contributed by atoms with E-state index in [2.05, 4.69) is 15.3 Å². The van der Waals surface area contributed by atoms with Gasteiger partial charge < -0.3 is 10.4 Å². The van der Waals surface area contributed by atoms with Crippen LogP contribution >= 0.6 is 12.2 Å². The molecule has 1 aliphatic carbocycles.